The fraction of sp³-hybridized carbons (Fsp3) is 0.214. The molecule has 0 saturated heterocycles. The molecular formula is C14H14O2. The molecule has 0 aromatic heterocycles. The molecule has 0 atom stereocenters. The molecule has 2 nitrogen and oxygen atoms in total. The van der Waals surface area contributed by atoms with Crippen LogP contribution in [0, 0.1) is 11.8 Å². The molecule has 16 heavy (non-hydrogen) atoms. The van der Waals surface area contributed by atoms with Gasteiger partial charge in [-0.05, 0) is 19.1 Å². The van der Waals surface area contributed by atoms with Crippen molar-refractivity contribution in [2.45, 2.75) is 13.3 Å². The van der Waals surface area contributed by atoms with Crippen molar-refractivity contribution in [3.8, 4) is 11.8 Å². The van der Waals surface area contributed by atoms with Crippen molar-refractivity contribution in [3.63, 3.8) is 0 Å². The highest BCUT2D eigenvalue weighted by Gasteiger charge is 2.01. The number of allylic oxidation sites excluding steroid dienone is 1. The van der Waals surface area contributed by atoms with Gasteiger partial charge in [0.05, 0.1) is 13.5 Å². The summed E-state index contributed by atoms with van der Waals surface area (Å²) in [5, 5.41) is 0. The molecule has 1 rings (SSSR count). The average Bonchev–Trinajstić information content (AvgIpc) is 2.35. The Kier molecular flexibility index (Phi) is 4.88. The Balaban J connectivity index is 2.72. The Morgan fingerprint density at radius 2 is 2.06 bits per heavy atom. The third-order valence-corrected chi connectivity index (χ3v) is 2.05. The van der Waals surface area contributed by atoms with E-state index >= 15 is 0 Å². The van der Waals surface area contributed by atoms with Crippen LogP contribution in [0.3, 0.4) is 0 Å². The Bertz CT molecular complexity index is 433. The summed E-state index contributed by atoms with van der Waals surface area (Å²) >= 11 is 0. The van der Waals surface area contributed by atoms with E-state index < -0.39 is 0 Å². The average molecular weight is 214 g/mol. The number of hydrogen-bond acceptors (Lipinski definition) is 2. The maximum Gasteiger partial charge on any atom is 0.310 e. The highest BCUT2D eigenvalue weighted by atomic mass is 16.5. The summed E-state index contributed by atoms with van der Waals surface area (Å²) in [5.41, 5.74) is 1.71. The number of carbonyl (C=O) groups is 1. The topological polar surface area (TPSA) is 26.3 Å². The fourth-order valence-electron chi connectivity index (χ4n) is 1.12. The number of methoxy groups -OCH3 is 1. The van der Waals surface area contributed by atoms with Gasteiger partial charge in [0, 0.05) is 11.1 Å². The van der Waals surface area contributed by atoms with E-state index in [9.17, 15) is 4.79 Å². The lowest BCUT2D eigenvalue weighted by Crippen LogP contribution is -2.00. The Morgan fingerprint density at radius 1 is 1.38 bits per heavy atom. The summed E-state index contributed by atoms with van der Waals surface area (Å²) in [6.45, 7) is 1.86. The highest BCUT2D eigenvalue weighted by molar-refractivity contribution is 5.73. The van der Waals surface area contributed by atoms with Gasteiger partial charge < -0.3 is 4.74 Å². The van der Waals surface area contributed by atoms with E-state index in [2.05, 4.69) is 16.6 Å². The lowest BCUT2D eigenvalue weighted by atomic mass is 10.1. The van der Waals surface area contributed by atoms with Crippen LogP contribution in [-0.2, 0) is 9.53 Å². The van der Waals surface area contributed by atoms with Crippen molar-refractivity contribution < 1.29 is 9.53 Å². The Morgan fingerprint density at radius 3 is 2.62 bits per heavy atom. The SMILES string of the molecule is C/C=C(\C#Cc1ccccc1)CC(=O)OC. The van der Waals surface area contributed by atoms with Crippen LogP contribution in [0.5, 0.6) is 0 Å². The molecule has 0 aliphatic rings. The van der Waals surface area contributed by atoms with E-state index in [4.69, 9.17) is 0 Å². The van der Waals surface area contributed by atoms with Gasteiger partial charge in [0.1, 0.15) is 0 Å². The van der Waals surface area contributed by atoms with E-state index in [1.807, 2.05) is 43.3 Å². The van der Waals surface area contributed by atoms with Crippen LogP contribution in [0.25, 0.3) is 0 Å². The molecule has 0 heterocycles. The monoisotopic (exact) mass is 214 g/mol. The number of esters is 1. The minimum absolute atomic E-state index is 0.229. The van der Waals surface area contributed by atoms with Gasteiger partial charge in [0.2, 0.25) is 0 Å². The second-order valence-electron chi connectivity index (χ2n) is 3.18. The maximum absolute atomic E-state index is 11.1. The minimum atomic E-state index is -0.268. The second-order valence-corrected chi connectivity index (χ2v) is 3.18. The first-order valence-electron chi connectivity index (χ1n) is 5.05. The van der Waals surface area contributed by atoms with Gasteiger partial charge in [-0.2, -0.15) is 0 Å². The predicted octanol–water partition coefficient (Wildman–Crippen LogP) is 2.55. The van der Waals surface area contributed by atoms with Crippen molar-refractivity contribution >= 4 is 5.97 Å². The zero-order valence-electron chi connectivity index (χ0n) is 9.49. The number of ether oxygens (including phenoxy) is 1. The van der Waals surface area contributed by atoms with Gasteiger partial charge in [0.25, 0.3) is 0 Å². The molecule has 0 aliphatic heterocycles. The van der Waals surface area contributed by atoms with Crippen LogP contribution in [-0.4, -0.2) is 13.1 Å². The first-order chi connectivity index (χ1) is 7.76. The van der Waals surface area contributed by atoms with Gasteiger partial charge in [-0.1, -0.05) is 36.1 Å². The number of benzene rings is 1. The molecule has 2 heteroatoms. The second kappa shape index (κ2) is 6.47. The smallest absolute Gasteiger partial charge is 0.310 e. The molecule has 1 aromatic rings. The third kappa shape index (κ3) is 4.02. The van der Waals surface area contributed by atoms with Gasteiger partial charge >= 0.3 is 5.97 Å². The lowest BCUT2D eigenvalue weighted by Gasteiger charge is -1.97. The van der Waals surface area contributed by atoms with Crippen LogP contribution in [0.15, 0.2) is 42.0 Å². The van der Waals surface area contributed by atoms with E-state index in [0.29, 0.717) is 0 Å². The third-order valence-electron chi connectivity index (χ3n) is 2.05. The summed E-state index contributed by atoms with van der Waals surface area (Å²) in [6, 6.07) is 9.66. The maximum atomic E-state index is 11.1. The summed E-state index contributed by atoms with van der Waals surface area (Å²) in [5.74, 6) is 5.69. The number of carbonyl (C=O) groups excluding carboxylic acids is 1. The summed E-state index contributed by atoms with van der Waals surface area (Å²) in [4.78, 5) is 11.1. The van der Waals surface area contributed by atoms with Crippen molar-refractivity contribution in [2.75, 3.05) is 7.11 Å². The Hall–Kier alpha value is -2.01. The van der Waals surface area contributed by atoms with E-state index in [1.165, 1.54) is 7.11 Å². The molecule has 1 aromatic carbocycles. The van der Waals surface area contributed by atoms with Crippen molar-refractivity contribution in [1.29, 1.82) is 0 Å². The molecule has 0 radical (unpaired) electrons. The molecule has 0 bridgehead atoms. The molecule has 0 amide bonds. The molecule has 0 spiro atoms. The molecular weight excluding hydrogens is 200 g/mol. The van der Waals surface area contributed by atoms with Gasteiger partial charge in [-0.3, -0.25) is 4.79 Å². The van der Waals surface area contributed by atoms with E-state index in [1.54, 1.807) is 0 Å². The van der Waals surface area contributed by atoms with E-state index in [-0.39, 0.29) is 12.4 Å². The van der Waals surface area contributed by atoms with Crippen LogP contribution in [0.2, 0.25) is 0 Å². The largest absolute Gasteiger partial charge is 0.469 e. The highest BCUT2D eigenvalue weighted by Crippen LogP contribution is 2.02. The van der Waals surface area contributed by atoms with Crippen molar-refractivity contribution in [1.82, 2.24) is 0 Å². The lowest BCUT2D eigenvalue weighted by molar-refractivity contribution is -0.139. The quantitative estimate of drug-likeness (QED) is 0.558. The molecule has 0 fully saturated rings. The summed E-state index contributed by atoms with van der Waals surface area (Å²) < 4.78 is 4.59. The Labute approximate surface area is 95.9 Å². The first-order valence-corrected chi connectivity index (χ1v) is 5.05. The first kappa shape index (κ1) is 12.1. The molecule has 0 N–H and O–H groups in total. The zero-order chi connectivity index (χ0) is 11.8. The summed E-state index contributed by atoms with van der Waals surface area (Å²) in [7, 11) is 1.38. The van der Waals surface area contributed by atoms with Gasteiger partial charge in [-0.15, -0.1) is 0 Å². The summed E-state index contributed by atoms with van der Waals surface area (Å²) in [6.07, 6.45) is 2.06. The number of hydrogen-bond donors (Lipinski definition) is 0. The van der Waals surface area contributed by atoms with Crippen molar-refractivity contribution in [3.05, 3.63) is 47.5 Å². The van der Waals surface area contributed by atoms with Crippen molar-refractivity contribution in [2.24, 2.45) is 0 Å². The van der Waals surface area contributed by atoms with Gasteiger partial charge in [-0.25, -0.2) is 0 Å². The normalized spacial score (nSPS) is 10.2. The zero-order valence-corrected chi connectivity index (χ0v) is 9.49. The van der Waals surface area contributed by atoms with Crippen LogP contribution in [0.1, 0.15) is 18.9 Å². The van der Waals surface area contributed by atoms with Crippen LogP contribution >= 0.6 is 0 Å². The number of rotatable bonds is 2. The van der Waals surface area contributed by atoms with Crippen LogP contribution in [0.4, 0.5) is 0 Å². The molecule has 0 unspecified atom stereocenters. The van der Waals surface area contributed by atoms with Gasteiger partial charge in [0.15, 0.2) is 0 Å². The molecule has 0 aliphatic carbocycles. The fourth-order valence-corrected chi connectivity index (χ4v) is 1.12. The minimum Gasteiger partial charge on any atom is -0.469 e. The molecule has 0 saturated carbocycles. The van der Waals surface area contributed by atoms with Crippen LogP contribution < -0.4 is 0 Å². The molecule has 82 valence electrons. The van der Waals surface area contributed by atoms with E-state index in [0.717, 1.165) is 11.1 Å². The predicted molar refractivity (Wildman–Crippen MR) is 63.7 cm³/mol. The standard InChI is InChI=1S/C14H14O2/c1-3-12(11-14(15)16-2)9-10-13-7-5-4-6-8-13/h3-8H,11H2,1-2H3/b12-3+.